The number of hydrogen-bond donors (Lipinski definition) is 2. The molecule has 0 saturated heterocycles. The summed E-state index contributed by atoms with van der Waals surface area (Å²) < 4.78 is 0. The number of rotatable bonds is 6. The lowest BCUT2D eigenvalue weighted by Crippen LogP contribution is -2.43. The van der Waals surface area contributed by atoms with Gasteiger partial charge in [0.05, 0.1) is 6.54 Å². The van der Waals surface area contributed by atoms with E-state index in [0.29, 0.717) is 12.1 Å². The van der Waals surface area contributed by atoms with E-state index in [-0.39, 0.29) is 0 Å². The zero-order valence-corrected chi connectivity index (χ0v) is 12.5. The van der Waals surface area contributed by atoms with Crippen LogP contribution in [0.5, 0.6) is 0 Å². The van der Waals surface area contributed by atoms with Gasteiger partial charge in [-0.2, -0.15) is 0 Å². The Morgan fingerprint density at radius 3 is 2.53 bits per heavy atom. The maximum Gasteiger partial charge on any atom is 0.191 e. The number of nitrogens with one attached hydrogen (secondary N) is 2. The molecule has 0 spiro atoms. The monoisotopic (exact) mass is 264 g/mol. The van der Waals surface area contributed by atoms with Gasteiger partial charge >= 0.3 is 0 Å². The van der Waals surface area contributed by atoms with Crippen molar-refractivity contribution in [2.24, 2.45) is 10.9 Å². The quantitative estimate of drug-likeness (QED) is 0.435. The van der Waals surface area contributed by atoms with E-state index in [1.165, 1.54) is 12.8 Å². The summed E-state index contributed by atoms with van der Waals surface area (Å²) in [5.74, 6) is 1.83. The summed E-state index contributed by atoms with van der Waals surface area (Å²) in [7, 11) is 4.33. The molecule has 1 atom stereocenters. The highest BCUT2D eigenvalue weighted by molar-refractivity contribution is 5.80. The first kappa shape index (κ1) is 14.4. The predicted molar refractivity (Wildman–Crippen MR) is 81.5 cm³/mol. The highest BCUT2D eigenvalue weighted by Gasteiger charge is 2.32. The average Bonchev–Trinajstić information content (AvgIpc) is 3.06. The Morgan fingerprint density at radius 1 is 1.32 bits per heavy atom. The molecule has 0 bridgehead atoms. The van der Waals surface area contributed by atoms with E-state index in [1.54, 1.807) is 0 Å². The molecule has 0 aliphatic heterocycles. The van der Waals surface area contributed by atoms with Gasteiger partial charge in [0.15, 0.2) is 5.96 Å². The smallest absolute Gasteiger partial charge is 0.191 e. The van der Waals surface area contributed by atoms with E-state index >= 15 is 0 Å². The molecule has 0 radical (unpaired) electrons. The summed E-state index contributed by atoms with van der Waals surface area (Å²) in [6.07, 6.45) is 9.46. The fourth-order valence-corrected chi connectivity index (χ4v) is 2.65. The van der Waals surface area contributed by atoms with Crippen molar-refractivity contribution in [2.45, 2.75) is 44.7 Å². The van der Waals surface area contributed by atoms with Crippen LogP contribution in [-0.2, 0) is 0 Å². The predicted octanol–water partition coefficient (Wildman–Crippen LogP) is 1.60. The highest BCUT2D eigenvalue weighted by Crippen LogP contribution is 2.34. The van der Waals surface area contributed by atoms with Crippen LogP contribution in [0.15, 0.2) is 17.1 Å². The van der Waals surface area contributed by atoms with E-state index in [1.807, 2.05) is 0 Å². The molecule has 0 aromatic heterocycles. The molecule has 19 heavy (non-hydrogen) atoms. The van der Waals surface area contributed by atoms with Crippen LogP contribution >= 0.6 is 0 Å². The minimum absolute atomic E-state index is 0.525. The van der Waals surface area contributed by atoms with E-state index in [9.17, 15) is 0 Å². The van der Waals surface area contributed by atoms with Crippen molar-refractivity contribution in [3.63, 3.8) is 0 Å². The number of likely N-dealkylation sites (N-methyl/N-ethyl adjacent to an activating group) is 1. The van der Waals surface area contributed by atoms with Crippen LogP contribution in [0.1, 0.15) is 32.6 Å². The molecule has 2 aliphatic rings. The first-order chi connectivity index (χ1) is 9.20. The average molecular weight is 264 g/mol. The summed E-state index contributed by atoms with van der Waals surface area (Å²) in [6.45, 7) is 3.93. The third-order valence-corrected chi connectivity index (χ3v) is 3.96. The summed E-state index contributed by atoms with van der Waals surface area (Å²) >= 11 is 0. The lowest BCUT2D eigenvalue weighted by molar-refractivity contribution is 0.271. The van der Waals surface area contributed by atoms with Crippen LogP contribution in [0.2, 0.25) is 0 Å². The number of hydrogen-bond acceptors (Lipinski definition) is 2. The summed E-state index contributed by atoms with van der Waals surface area (Å²) in [5.41, 5.74) is 0. The van der Waals surface area contributed by atoms with Gasteiger partial charge in [0.1, 0.15) is 0 Å². The molecule has 4 nitrogen and oxygen atoms in total. The first-order valence-electron chi connectivity index (χ1n) is 7.57. The molecule has 0 aromatic rings. The number of nitrogens with zero attached hydrogens (tertiary/aromatic N) is 2. The topological polar surface area (TPSA) is 39.7 Å². The zero-order chi connectivity index (χ0) is 13.7. The lowest BCUT2D eigenvalue weighted by atomic mass is 10.2. The Bertz CT molecular complexity index is 321. The van der Waals surface area contributed by atoms with Crippen molar-refractivity contribution in [3.8, 4) is 0 Å². The zero-order valence-electron chi connectivity index (χ0n) is 12.5. The molecular formula is C15H28N4. The molecule has 0 amide bonds. The molecule has 1 unspecified atom stereocenters. The van der Waals surface area contributed by atoms with Gasteiger partial charge in [-0.15, -0.1) is 0 Å². The second-order valence-electron chi connectivity index (χ2n) is 5.87. The summed E-state index contributed by atoms with van der Waals surface area (Å²) in [6, 6.07) is 1.12. The molecule has 108 valence electrons. The second kappa shape index (κ2) is 6.94. The van der Waals surface area contributed by atoms with Crippen molar-refractivity contribution in [2.75, 3.05) is 27.2 Å². The van der Waals surface area contributed by atoms with Gasteiger partial charge in [-0.05, 0) is 52.6 Å². The van der Waals surface area contributed by atoms with Crippen molar-refractivity contribution in [1.82, 2.24) is 15.5 Å². The molecule has 2 aliphatic carbocycles. The van der Waals surface area contributed by atoms with Gasteiger partial charge < -0.3 is 15.5 Å². The fourth-order valence-electron chi connectivity index (χ4n) is 2.65. The van der Waals surface area contributed by atoms with Crippen molar-refractivity contribution >= 4 is 5.96 Å². The first-order valence-corrected chi connectivity index (χ1v) is 7.57. The highest BCUT2D eigenvalue weighted by atomic mass is 15.2. The van der Waals surface area contributed by atoms with Gasteiger partial charge in [0.2, 0.25) is 0 Å². The Kier molecular flexibility index (Phi) is 5.25. The Labute approximate surface area is 117 Å². The summed E-state index contributed by atoms with van der Waals surface area (Å²) in [4.78, 5) is 7.11. The van der Waals surface area contributed by atoms with Gasteiger partial charge in [0.25, 0.3) is 0 Å². The molecule has 4 heteroatoms. The van der Waals surface area contributed by atoms with Crippen LogP contribution in [0.25, 0.3) is 0 Å². The van der Waals surface area contributed by atoms with E-state index in [4.69, 9.17) is 4.99 Å². The third-order valence-electron chi connectivity index (χ3n) is 3.96. The molecule has 0 aromatic carbocycles. The minimum Gasteiger partial charge on any atom is -0.357 e. The molecular weight excluding hydrogens is 236 g/mol. The maximum atomic E-state index is 4.78. The molecule has 2 N–H and O–H groups in total. The largest absolute Gasteiger partial charge is 0.357 e. The summed E-state index contributed by atoms with van der Waals surface area (Å²) in [5, 5.41) is 6.88. The van der Waals surface area contributed by atoms with Gasteiger partial charge in [-0.3, -0.25) is 4.99 Å². The van der Waals surface area contributed by atoms with Gasteiger partial charge in [0, 0.05) is 18.6 Å². The second-order valence-corrected chi connectivity index (χ2v) is 5.87. The maximum absolute atomic E-state index is 4.78. The number of guanidine groups is 1. The SMILES string of the molecule is CCNC(=NCC(C1CC1)N(C)C)NC1CC=CC1. The third kappa shape index (κ3) is 4.53. The van der Waals surface area contributed by atoms with Crippen LogP contribution in [0.4, 0.5) is 0 Å². The standard InChI is InChI=1S/C15H28N4/c1-4-16-15(18-13-7-5-6-8-13)17-11-14(19(2)3)12-9-10-12/h5-6,12-14H,4,7-11H2,1-3H3,(H2,16,17,18). The normalized spacial score (nSPS) is 22.0. The Hall–Kier alpha value is -1.03. The Balaban J connectivity index is 1.86. The van der Waals surface area contributed by atoms with E-state index in [0.717, 1.165) is 37.8 Å². The lowest BCUT2D eigenvalue weighted by Gasteiger charge is -2.23. The molecule has 1 saturated carbocycles. The molecule has 2 rings (SSSR count). The van der Waals surface area contributed by atoms with Crippen molar-refractivity contribution in [3.05, 3.63) is 12.2 Å². The van der Waals surface area contributed by atoms with E-state index < -0.39 is 0 Å². The Morgan fingerprint density at radius 2 is 2.00 bits per heavy atom. The van der Waals surface area contributed by atoms with Crippen LogP contribution < -0.4 is 10.6 Å². The molecule has 1 fully saturated rings. The fraction of sp³-hybridized carbons (Fsp3) is 0.800. The van der Waals surface area contributed by atoms with Crippen LogP contribution in [-0.4, -0.2) is 50.1 Å². The van der Waals surface area contributed by atoms with Crippen molar-refractivity contribution < 1.29 is 0 Å². The minimum atomic E-state index is 0.525. The molecule has 0 heterocycles. The van der Waals surface area contributed by atoms with Crippen molar-refractivity contribution in [1.29, 1.82) is 0 Å². The van der Waals surface area contributed by atoms with Crippen LogP contribution in [0.3, 0.4) is 0 Å². The van der Waals surface area contributed by atoms with Gasteiger partial charge in [-0.1, -0.05) is 12.2 Å². The van der Waals surface area contributed by atoms with E-state index in [2.05, 4.69) is 48.7 Å². The van der Waals surface area contributed by atoms with Gasteiger partial charge in [-0.25, -0.2) is 0 Å². The van der Waals surface area contributed by atoms with Crippen LogP contribution in [0, 0.1) is 5.92 Å². The number of aliphatic imine (C=N–C) groups is 1.